The van der Waals surface area contributed by atoms with Crippen LogP contribution in [0, 0.1) is 0 Å². The monoisotopic (exact) mass is 301 g/mol. The van der Waals surface area contributed by atoms with Crippen molar-refractivity contribution in [3.63, 3.8) is 0 Å². The molecular weight excluding hydrogens is 284 g/mol. The number of aliphatic imine (C=N–C) groups is 1. The van der Waals surface area contributed by atoms with Crippen molar-refractivity contribution in [3.05, 3.63) is 12.2 Å². The van der Waals surface area contributed by atoms with Gasteiger partial charge in [-0.15, -0.1) is 0 Å². The first-order valence-corrected chi connectivity index (χ1v) is 5.81. The van der Waals surface area contributed by atoms with Crippen LogP contribution in [-0.2, 0) is 9.59 Å². The Kier molecular flexibility index (Phi) is 19.5. The van der Waals surface area contributed by atoms with Crippen LogP contribution >= 0.6 is 0 Å². The summed E-state index contributed by atoms with van der Waals surface area (Å²) >= 11 is 0. The summed E-state index contributed by atoms with van der Waals surface area (Å²) in [4.78, 5) is 24.4. The molecule has 8 heteroatoms. The van der Waals surface area contributed by atoms with E-state index in [1.54, 1.807) is 6.08 Å². The van der Waals surface area contributed by atoms with Crippen LogP contribution in [0.15, 0.2) is 17.1 Å². The Labute approximate surface area is 162 Å². The molecule has 0 fully saturated rings. The molecule has 0 aromatic heterocycles. The minimum atomic E-state index is -1.36. The van der Waals surface area contributed by atoms with E-state index in [-0.39, 0.29) is 65.5 Å². The Balaban J connectivity index is -0.00000144. The van der Waals surface area contributed by atoms with Crippen molar-refractivity contribution in [3.8, 4) is 0 Å². The summed E-state index contributed by atoms with van der Waals surface area (Å²) in [5.74, 6) is -3.33. The fourth-order valence-electron chi connectivity index (χ4n) is 1.20. The summed E-state index contributed by atoms with van der Waals surface area (Å²) in [7, 11) is 0. The molecule has 0 aliphatic heterocycles. The van der Waals surface area contributed by atoms with Gasteiger partial charge in [-0.1, -0.05) is 31.9 Å². The van der Waals surface area contributed by atoms with Crippen LogP contribution in [0.4, 0.5) is 0 Å². The number of carboxylic acids is 2. The van der Waals surface area contributed by atoms with Crippen LogP contribution in [0.1, 0.15) is 39.0 Å². The van der Waals surface area contributed by atoms with Crippen LogP contribution < -0.4 is 69.3 Å². The maximum Gasteiger partial charge on any atom is 1.00 e. The largest absolute Gasteiger partial charge is 1.00 e. The van der Waals surface area contributed by atoms with Crippen molar-refractivity contribution in [2.45, 2.75) is 45.1 Å². The summed E-state index contributed by atoms with van der Waals surface area (Å²) in [5.41, 5.74) is 0. The molecule has 1 N–H and O–H groups in total. The molecule has 0 aliphatic carbocycles. The van der Waals surface area contributed by atoms with Gasteiger partial charge in [-0.25, -0.2) is 4.79 Å². The minimum Gasteiger partial charge on any atom is -0.859 e. The topological polar surface area (TPSA) is 113 Å². The number of aliphatic carboxylic acids is 2. The number of allylic oxidation sites excluding steroid dienone is 1. The zero-order valence-corrected chi connectivity index (χ0v) is 16.3. The first-order chi connectivity index (χ1) is 8.47. The molecule has 0 aromatic rings. The normalized spacial score (nSPS) is 12.3. The van der Waals surface area contributed by atoms with E-state index in [1.807, 2.05) is 6.92 Å². The summed E-state index contributed by atoms with van der Waals surface area (Å²) < 4.78 is 0. The van der Waals surface area contributed by atoms with Gasteiger partial charge in [0.05, 0.1) is 0 Å². The second kappa shape index (κ2) is 15.5. The van der Waals surface area contributed by atoms with E-state index in [0.717, 1.165) is 19.3 Å². The van der Waals surface area contributed by atoms with Crippen LogP contribution in [-0.4, -0.2) is 29.0 Å². The van der Waals surface area contributed by atoms with Crippen molar-refractivity contribution >= 4 is 17.8 Å². The molecule has 0 aromatic carbocycles. The Bertz CT molecular complexity index is 345. The van der Waals surface area contributed by atoms with E-state index in [2.05, 4.69) is 4.99 Å². The maximum atomic E-state index is 11.3. The van der Waals surface area contributed by atoms with Crippen LogP contribution in [0.3, 0.4) is 0 Å². The molecule has 0 saturated carbocycles. The van der Waals surface area contributed by atoms with Gasteiger partial charge >= 0.3 is 65.1 Å². The van der Waals surface area contributed by atoms with Gasteiger partial charge in [0.1, 0.15) is 6.04 Å². The van der Waals surface area contributed by atoms with E-state index < -0.39 is 30.3 Å². The summed E-state index contributed by atoms with van der Waals surface area (Å²) in [6, 6.07) is -1.33. The van der Waals surface area contributed by atoms with E-state index in [4.69, 9.17) is 5.11 Å². The molecular formula is C12H17NNa2O5. The molecule has 1 atom stereocenters. The Morgan fingerprint density at radius 3 is 2.35 bits per heavy atom. The number of carboxylic acid groups (broad SMARTS) is 2. The van der Waals surface area contributed by atoms with E-state index in [1.165, 1.54) is 6.08 Å². The first kappa shape index (κ1) is 25.1. The number of unbranched alkanes of at least 4 members (excludes halogenated alkanes) is 2. The second-order valence-electron chi connectivity index (χ2n) is 3.78. The van der Waals surface area contributed by atoms with Crippen molar-refractivity contribution < 1.29 is 84.0 Å². The van der Waals surface area contributed by atoms with Crippen LogP contribution in [0.25, 0.3) is 0 Å². The molecule has 102 valence electrons. The third-order valence-corrected chi connectivity index (χ3v) is 2.17. The van der Waals surface area contributed by atoms with Crippen LogP contribution in [0.2, 0.25) is 0 Å². The van der Waals surface area contributed by atoms with Crippen molar-refractivity contribution in [2.24, 2.45) is 4.99 Å². The fraction of sp³-hybridized carbons (Fsp3) is 0.583. The first-order valence-electron chi connectivity index (χ1n) is 5.81. The number of hydrogen-bond donors (Lipinski definition) is 1. The summed E-state index contributed by atoms with van der Waals surface area (Å²) in [6.07, 6.45) is 4.83. The predicted molar refractivity (Wildman–Crippen MR) is 61.8 cm³/mol. The fourth-order valence-corrected chi connectivity index (χ4v) is 1.20. The van der Waals surface area contributed by atoms with Gasteiger partial charge < -0.3 is 20.1 Å². The Hall–Kier alpha value is 0.150. The number of rotatable bonds is 9. The minimum absolute atomic E-state index is 0. The number of carbonyl (C=O) groups excluding carboxylic acids is 1. The van der Waals surface area contributed by atoms with Crippen molar-refractivity contribution in [2.75, 3.05) is 0 Å². The molecule has 20 heavy (non-hydrogen) atoms. The third kappa shape index (κ3) is 14.6. The van der Waals surface area contributed by atoms with Gasteiger partial charge in [0, 0.05) is 5.97 Å². The Morgan fingerprint density at radius 1 is 1.30 bits per heavy atom. The molecule has 0 aliphatic rings. The van der Waals surface area contributed by atoms with Gasteiger partial charge in [0.15, 0.2) is 0 Å². The van der Waals surface area contributed by atoms with Gasteiger partial charge in [-0.3, -0.25) is 4.99 Å². The summed E-state index contributed by atoms with van der Waals surface area (Å²) in [6.45, 7) is 2.01. The molecule has 0 heterocycles. The van der Waals surface area contributed by atoms with E-state index in [9.17, 15) is 19.8 Å². The smallest absolute Gasteiger partial charge is 0.859 e. The van der Waals surface area contributed by atoms with Gasteiger partial charge in [-0.05, 0) is 25.2 Å². The van der Waals surface area contributed by atoms with E-state index in [0.29, 0.717) is 0 Å². The summed E-state index contributed by atoms with van der Waals surface area (Å²) in [5, 5.41) is 30.3. The second-order valence-corrected chi connectivity index (χ2v) is 3.78. The molecule has 0 unspecified atom stereocenters. The number of hydrogen-bond acceptors (Lipinski definition) is 5. The molecule has 0 radical (unpaired) electrons. The number of carbonyl (C=O) groups is 2. The zero-order chi connectivity index (χ0) is 14.0. The SMILES string of the molecule is CCCC/C=C/C([O-])=N[C@@H](CCC(=O)[O-])C(=O)O.[Na+].[Na+]. The average Bonchev–Trinajstić information content (AvgIpc) is 2.29. The predicted octanol–water partition coefficient (Wildman–Crippen LogP) is -6.52. The van der Waals surface area contributed by atoms with Crippen molar-refractivity contribution in [1.82, 2.24) is 0 Å². The molecule has 6 nitrogen and oxygen atoms in total. The quantitative estimate of drug-likeness (QED) is 0.197. The standard InChI is InChI=1S/C12H19NO5.2Na/c1-2-3-4-5-6-10(14)13-9(12(17)18)7-8-11(15)16;;/h5-6,9H,2-4,7-8H2,1H3,(H,13,14)(H,15,16)(H,17,18);;/q;2*+1/p-2/b6-5+;;/t9-;;/m0../s1. The molecule has 0 bridgehead atoms. The molecule has 0 saturated heterocycles. The zero-order valence-electron chi connectivity index (χ0n) is 12.3. The van der Waals surface area contributed by atoms with Crippen LogP contribution in [0.5, 0.6) is 0 Å². The van der Waals surface area contributed by atoms with Gasteiger partial charge in [0.2, 0.25) is 0 Å². The number of nitrogens with zero attached hydrogens (tertiary/aromatic N) is 1. The maximum absolute atomic E-state index is 11.3. The van der Waals surface area contributed by atoms with E-state index >= 15 is 0 Å². The Morgan fingerprint density at radius 2 is 1.90 bits per heavy atom. The molecule has 0 spiro atoms. The average molecular weight is 301 g/mol. The third-order valence-electron chi connectivity index (χ3n) is 2.17. The van der Waals surface area contributed by atoms with Gasteiger partial charge in [0.25, 0.3) is 0 Å². The van der Waals surface area contributed by atoms with Gasteiger partial charge in [-0.2, -0.15) is 0 Å². The molecule has 0 amide bonds. The molecule has 0 rings (SSSR count). The van der Waals surface area contributed by atoms with Crippen molar-refractivity contribution in [1.29, 1.82) is 0 Å².